The molecule has 0 bridgehead atoms. The Morgan fingerprint density at radius 3 is 2.46 bits per heavy atom. The quantitative estimate of drug-likeness (QED) is 0.283. The first-order valence-corrected chi connectivity index (χ1v) is 12.6. The number of imide groups is 1. The molecule has 8 heteroatoms. The van der Waals surface area contributed by atoms with Gasteiger partial charge in [0.15, 0.2) is 11.5 Å². The number of hydrogen-bond acceptors (Lipinski definition) is 5. The molecular formula is C27H23Cl2NO4S. The zero-order valence-corrected chi connectivity index (χ0v) is 21.5. The summed E-state index contributed by atoms with van der Waals surface area (Å²) in [7, 11) is 0. The van der Waals surface area contributed by atoms with E-state index in [1.807, 2.05) is 50.2 Å². The third kappa shape index (κ3) is 6.20. The van der Waals surface area contributed by atoms with E-state index in [4.69, 9.17) is 32.7 Å². The number of ether oxygens (including phenoxy) is 2. The van der Waals surface area contributed by atoms with Gasteiger partial charge in [0.05, 0.1) is 23.1 Å². The number of carbonyl (C=O) groups excluding carboxylic acids is 2. The second-order valence-electron chi connectivity index (χ2n) is 7.94. The molecule has 0 saturated carbocycles. The average molecular weight is 528 g/mol. The molecule has 3 aromatic carbocycles. The normalized spacial score (nSPS) is 14.6. The SMILES string of the molecule is CCOc1cc(/C=C2/SC(=O)N(Cc3cccc(C)c3)C2=O)cc(Cl)c1OCc1ccc(Cl)cc1. The van der Waals surface area contributed by atoms with Crippen LogP contribution in [0.4, 0.5) is 4.79 Å². The number of hydrogen-bond donors (Lipinski definition) is 0. The van der Waals surface area contributed by atoms with Gasteiger partial charge in [-0.2, -0.15) is 0 Å². The van der Waals surface area contributed by atoms with Crippen LogP contribution in [0.15, 0.2) is 65.6 Å². The number of halogens is 2. The van der Waals surface area contributed by atoms with Crippen LogP contribution in [-0.4, -0.2) is 22.7 Å². The summed E-state index contributed by atoms with van der Waals surface area (Å²) in [5.74, 6) is 0.533. The Balaban J connectivity index is 1.55. The molecule has 0 spiro atoms. The van der Waals surface area contributed by atoms with Crippen molar-refractivity contribution in [3.63, 3.8) is 0 Å². The van der Waals surface area contributed by atoms with Gasteiger partial charge in [-0.15, -0.1) is 0 Å². The molecule has 1 aliphatic heterocycles. The lowest BCUT2D eigenvalue weighted by Gasteiger charge is -2.15. The lowest BCUT2D eigenvalue weighted by atomic mass is 10.1. The first-order chi connectivity index (χ1) is 16.8. The minimum atomic E-state index is -0.335. The summed E-state index contributed by atoms with van der Waals surface area (Å²) in [4.78, 5) is 27.1. The molecule has 0 N–H and O–H groups in total. The first-order valence-electron chi connectivity index (χ1n) is 11.0. The highest BCUT2D eigenvalue weighted by Crippen LogP contribution is 2.40. The van der Waals surface area contributed by atoms with E-state index in [1.165, 1.54) is 4.90 Å². The van der Waals surface area contributed by atoms with Gasteiger partial charge in [0, 0.05) is 5.02 Å². The van der Waals surface area contributed by atoms with Gasteiger partial charge in [0.2, 0.25) is 0 Å². The first kappa shape index (κ1) is 25.2. The molecule has 5 nitrogen and oxygen atoms in total. The van der Waals surface area contributed by atoms with Crippen molar-refractivity contribution in [1.82, 2.24) is 4.90 Å². The molecule has 3 aromatic rings. The molecular weight excluding hydrogens is 505 g/mol. The van der Waals surface area contributed by atoms with Crippen molar-refractivity contribution in [1.29, 1.82) is 0 Å². The van der Waals surface area contributed by atoms with Crippen molar-refractivity contribution >= 4 is 52.2 Å². The second-order valence-corrected chi connectivity index (χ2v) is 9.77. The molecule has 0 atom stereocenters. The van der Waals surface area contributed by atoms with E-state index < -0.39 is 0 Å². The van der Waals surface area contributed by atoms with E-state index in [9.17, 15) is 9.59 Å². The van der Waals surface area contributed by atoms with Crippen molar-refractivity contribution in [3.8, 4) is 11.5 Å². The molecule has 35 heavy (non-hydrogen) atoms. The predicted octanol–water partition coefficient (Wildman–Crippen LogP) is 7.52. The van der Waals surface area contributed by atoms with Gasteiger partial charge >= 0.3 is 0 Å². The van der Waals surface area contributed by atoms with Crippen molar-refractivity contribution in [3.05, 3.63) is 97.9 Å². The van der Waals surface area contributed by atoms with Gasteiger partial charge in [-0.3, -0.25) is 14.5 Å². The third-order valence-corrected chi connectivity index (χ3v) is 6.66. The summed E-state index contributed by atoms with van der Waals surface area (Å²) in [5.41, 5.74) is 3.54. The molecule has 0 unspecified atom stereocenters. The molecule has 2 amide bonds. The van der Waals surface area contributed by atoms with Crippen LogP contribution < -0.4 is 9.47 Å². The van der Waals surface area contributed by atoms with Crippen molar-refractivity contribution in [2.45, 2.75) is 27.0 Å². The van der Waals surface area contributed by atoms with Gasteiger partial charge in [0.25, 0.3) is 11.1 Å². The zero-order chi connectivity index (χ0) is 24.9. The number of thioether (sulfide) groups is 1. The van der Waals surface area contributed by atoms with Gasteiger partial charge < -0.3 is 9.47 Å². The lowest BCUT2D eigenvalue weighted by molar-refractivity contribution is -0.123. The lowest BCUT2D eigenvalue weighted by Crippen LogP contribution is -2.27. The van der Waals surface area contributed by atoms with E-state index >= 15 is 0 Å². The summed E-state index contributed by atoms with van der Waals surface area (Å²) >= 11 is 13.4. The maximum atomic E-state index is 13.0. The number of amides is 2. The van der Waals surface area contributed by atoms with Crippen molar-refractivity contribution in [2.24, 2.45) is 0 Å². The highest BCUT2D eigenvalue weighted by atomic mass is 35.5. The van der Waals surface area contributed by atoms with Gasteiger partial charge in [0.1, 0.15) is 6.61 Å². The maximum Gasteiger partial charge on any atom is 0.293 e. The van der Waals surface area contributed by atoms with E-state index in [1.54, 1.807) is 30.3 Å². The number of benzene rings is 3. The van der Waals surface area contributed by atoms with Gasteiger partial charge in [-0.1, -0.05) is 65.2 Å². The van der Waals surface area contributed by atoms with E-state index in [2.05, 4.69) is 0 Å². The van der Waals surface area contributed by atoms with Crippen LogP contribution in [0.5, 0.6) is 11.5 Å². The van der Waals surface area contributed by atoms with E-state index in [0.717, 1.165) is 28.5 Å². The Bertz CT molecular complexity index is 1290. The fraction of sp³-hybridized carbons (Fsp3) is 0.185. The molecule has 1 fully saturated rings. The van der Waals surface area contributed by atoms with Crippen LogP contribution in [0.3, 0.4) is 0 Å². The molecule has 0 radical (unpaired) electrons. The number of aryl methyl sites for hydroxylation is 1. The highest BCUT2D eigenvalue weighted by Gasteiger charge is 2.35. The smallest absolute Gasteiger partial charge is 0.293 e. The highest BCUT2D eigenvalue weighted by molar-refractivity contribution is 8.18. The van der Waals surface area contributed by atoms with Crippen molar-refractivity contribution in [2.75, 3.05) is 6.61 Å². The summed E-state index contributed by atoms with van der Waals surface area (Å²) in [5, 5.41) is 0.686. The van der Waals surface area contributed by atoms with Gasteiger partial charge in [-0.05, 0) is 72.6 Å². The topological polar surface area (TPSA) is 55.8 Å². The molecule has 4 rings (SSSR count). The number of carbonyl (C=O) groups is 2. The Morgan fingerprint density at radius 2 is 1.74 bits per heavy atom. The van der Waals surface area contributed by atoms with Crippen LogP contribution in [0.1, 0.15) is 29.2 Å². The largest absolute Gasteiger partial charge is 0.490 e. The standard InChI is InChI=1S/C27H23Cl2NO4S/c1-3-33-23-13-20(12-22(29)25(23)34-16-18-7-9-21(28)10-8-18)14-24-26(31)30(27(32)35-24)15-19-6-4-5-17(2)11-19/h4-14H,3,15-16H2,1-2H3/b24-14+. The molecule has 0 aromatic heterocycles. The fourth-order valence-corrected chi connectivity index (χ4v) is 4.83. The minimum Gasteiger partial charge on any atom is -0.490 e. The van der Waals surface area contributed by atoms with Crippen LogP contribution in [-0.2, 0) is 17.9 Å². The maximum absolute atomic E-state index is 13.0. The Hall–Kier alpha value is -2.93. The van der Waals surface area contributed by atoms with Crippen LogP contribution in [0.25, 0.3) is 6.08 Å². The van der Waals surface area contributed by atoms with Gasteiger partial charge in [-0.25, -0.2) is 0 Å². The Kier molecular flexibility index (Phi) is 8.06. The molecule has 0 aliphatic carbocycles. The number of rotatable bonds is 8. The molecule has 1 aliphatic rings. The molecule has 1 heterocycles. The summed E-state index contributed by atoms with van der Waals surface area (Å²) in [6.45, 7) is 4.75. The van der Waals surface area contributed by atoms with E-state index in [0.29, 0.717) is 38.6 Å². The van der Waals surface area contributed by atoms with E-state index in [-0.39, 0.29) is 24.3 Å². The van der Waals surface area contributed by atoms with Crippen LogP contribution in [0.2, 0.25) is 10.0 Å². The number of nitrogens with zero attached hydrogens (tertiary/aromatic N) is 1. The Morgan fingerprint density at radius 1 is 0.971 bits per heavy atom. The van der Waals surface area contributed by atoms with Crippen LogP contribution >= 0.6 is 35.0 Å². The summed E-state index contributed by atoms with van der Waals surface area (Å²) in [6.07, 6.45) is 1.65. The average Bonchev–Trinajstić information content (AvgIpc) is 3.07. The fourth-order valence-electron chi connectivity index (χ4n) is 3.59. The Labute approximate surface area is 218 Å². The minimum absolute atomic E-state index is 0.228. The summed E-state index contributed by atoms with van der Waals surface area (Å²) in [6, 6.07) is 18.5. The van der Waals surface area contributed by atoms with Crippen LogP contribution in [0, 0.1) is 6.92 Å². The second kappa shape index (κ2) is 11.2. The monoisotopic (exact) mass is 527 g/mol. The summed E-state index contributed by atoms with van der Waals surface area (Å²) < 4.78 is 11.7. The predicted molar refractivity (Wildman–Crippen MR) is 141 cm³/mol. The molecule has 1 saturated heterocycles. The third-order valence-electron chi connectivity index (χ3n) is 5.22. The zero-order valence-electron chi connectivity index (χ0n) is 19.2. The molecule has 180 valence electrons. The van der Waals surface area contributed by atoms with Crippen molar-refractivity contribution < 1.29 is 19.1 Å².